The molecule has 0 saturated carbocycles. The van der Waals surface area contributed by atoms with Crippen molar-refractivity contribution in [3.05, 3.63) is 36.9 Å². The van der Waals surface area contributed by atoms with Crippen molar-refractivity contribution in [1.29, 1.82) is 0 Å². The molecule has 0 aliphatic rings. The van der Waals surface area contributed by atoms with E-state index >= 15 is 0 Å². The van der Waals surface area contributed by atoms with E-state index in [0.717, 1.165) is 6.08 Å². The number of anilines is 1. The van der Waals surface area contributed by atoms with Gasteiger partial charge in [0.1, 0.15) is 0 Å². The molecular weight excluding hydrogens is 264 g/mol. The fourth-order valence-electron chi connectivity index (χ4n) is 1.37. The first-order valence-electron chi connectivity index (χ1n) is 5.71. The summed E-state index contributed by atoms with van der Waals surface area (Å²) >= 11 is 0. The van der Waals surface area contributed by atoms with Gasteiger partial charge in [0.25, 0.3) is 0 Å². The molecule has 6 heteroatoms. The second-order valence-electron chi connectivity index (χ2n) is 5.07. The van der Waals surface area contributed by atoms with Gasteiger partial charge >= 0.3 is 0 Å². The van der Waals surface area contributed by atoms with Gasteiger partial charge in [0.15, 0.2) is 0 Å². The number of carbonyl (C=O) groups is 1. The average Bonchev–Trinajstić information content (AvgIpc) is 2.26. The molecule has 1 aromatic carbocycles. The molecule has 0 spiro atoms. The third-order valence-electron chi connectivity index (χ3n) is 2.06. The highest BCUT2D eigenvalue weighted by Gasteiger charge is 2.21. The predicted molar refractivity (Wildman–Crippen MR) is 75.3 cm³/mol. The van der Waals surface area contributed by atoms with Crippen LogP contribution in [0.1, 0.15) is 20.8 Å². The van der Waals surface area contributed by atoms with Crippen molar-refractivity contribution in [3.8, 4) is 0 Å². The molecule has 104 valence electrons. The van der Waals surface area contributed by atoms with Gasteiger partial charge in [-0.25, -0.2) is 13.1 Å². The molecule has 0 aliphatic heterocycles. The summed E-state index contributed by atoms with van der Waals surface area (Å²) in [5.74, 6) is -0.344. The Kier molecular flexibility index (Phi) is 4.49. The van der Waals surface area contributed by atoms with Crippen LogP contribution in [0.2, 0.25) is 0 Å². The Bertz CT molecular complexity index is 569. The lowest BCUT2D eigenvalue weighted by Crippen LogP contribution is -2.40. The zero-order chi connectivity index (χ0) is 14.7. The summed E-state index contributed by atoms with van der Waals surface area (Å²) in [6, 6.07) is 5.93. The second kappa shape index (κ2) is 5.54. The van der Waals surface area contributed by atoms with Gasteiger partial charge in [-0.3, -0.25) is 4.79 Å². The summed E-state index contributed by atoms with van der Waals surface area (Å²) in [6.45, 7) is 8.64. The quantitative estimate of drug-likeness (QED) is 0.828. The number of hydrogen-bond acceptors (Lipinski definition) is 3. The van der Waals surface area contributed by atoms with Crippen molar-refractivity contribution in [3.63, 3.8) is 0 Å². The Labute approximate surface area is 113 Å². The van der Waals surface area contributed by atoms with E-state index < -0.39 is 15.6 Å². The van der Waals surface area contributed by atoms with E-state index in [-0.39, 0.29) is 10.8 Å². The topological polar surface area (TPSA) is 75.3 Å². The zero-order valence-corrected chi connectivity index (χ0v) is 12.0. The largest absolute Gasteiger partial charge is 0.323 e. The molecular formula is C13H18N2O3S. The first-order valence-corrected chi connectivity index (χ1v) is 7.20. The molecule has 0 unspecified atom stereocenters. The number of amides is 1. The second-order valence-corrected chi connectivity index (χ2v) is 6.76. The van der Waals surface area contributed by atoms with Crippen LogP contribution in [-0.4, -0.2) is 19.9 Å². The average molecular weight is 282 g/mol. The van der Waals surface area contributed by atoms with Crippen molar-refractivity contribution in [2.24, 2.45) is 0 Å². The third-order valence-corrected chi connectivity index (χ3v) is 3.83. The summed E-state index contributed by atoms with van der Waals surface area (Å²) in [7, 11) is -3.55. The molecule has 0 fully saturated rings. The monoisotopic (exact) mass is 282 g/mol. The summed E-state index contributed by atoms with van der Waals surface area (Å²) in [5, 5.41) is 2.55. The Hall–Kier alpha value is -1.66. The summed E-state index contributed by atoms with van der Waals surface area (Å²) in [5.41, 5.74) is -0.0335. The summed E-state index contributed by atoms with van der Waals surface area (Å²) in [6.07, 6.45) is 1.14. The van der Waals surface area contributed by atoms with Crippen molar-refractivity contribution in [1.82, 2.24) is 4.72 Å². The van der Waals surface area contributed by atoms with Crippen molar-refractivity contribution < 1.29 is 13.2 Å². The fraction of sp³-hybridized carbons (Fsp3) is 0.308. The highest BCUT2D eigenvalue weighted by atomic mass is 32.2. The van der Waals surface area contributed by atoms with Crippen molar-refractivity contribution in [2.45, 2.75) is 31.2 Å². The van der Waals surface area contributed by atoms with Crippen LogP contribution in [0.15, 0.2) is 41.8 Å². The smallest absolute Gasteiger partial charge is 0.247 e. The number of rotatable bonds is 4. The van der Waals surface area contributed by atoms with Gasteiger partial charge in [-0.15, -0.1) is 0 Å². The Morgan fingerprint density at radius 2 is 1.74 bits per heavy atom. The van der Waals surface area contributed by atoms with Crippen molar-refractivity contribution >= 4 is 21.6 Å². The first kappa shape index (κ1) is 15.4. The van der Waals surface area contributed by atoms with E-state index in [1.54, 1.807) is 20.8 Å². The predicted octanol–water partition coefficient (Wildman–Crippen LogP) is 1.89. The maximum Gasteiger partial charge on any atom is 0.247 e. The molecule has 0 bridgehead atoms. The molecule has 19 heavy (non-hydrogen) atoms. The molecule has 1 rings (SSSR count). The molecule has 0 saturated heterocycles. The fourth-order valence-corrected chi connectivity index (χ4v) is 2.79. The number of nitrogens with one attached hydrogen (secondary N) is 2. The minimum Gasteiger partial charge on any atom is -0.323 e. The van der Waals surface area contributed by atoms with Crippen LogP contribution in [0.3, 0.4) is 0 Å². The van der Waals surface area contributed by atoms with Crippen LogP contribution in [-0.2, 0) is 14.8 Å². The lowest BCUT2D eigenvalue weighted by atomic mass is 10.1. The van der Waals surface area contributed by atoms with Gasteiger partial charge in [0.2, 0.25) is 15.9 Å². The van der Waals surface area contributed by atoms with Gasteiger partial charge in [-0.1, -0.05) is 6.58 Å². The lowest BCUT2D eigenvalue weighted by Gasteiger charge is -2.20. The van der Waals surface area contributed by atoms with Gasteiger partial charge in [0.05, 0.1) is 4.90 Å². The summed E-state index contributed by atoms with van der Waals surface area (Å²) < 4.78 is 26.6. The first-order chi connectivity index (χ1) is 8.64. The van der Waals surface area contributed by atoms with Crippen LogP contribution in [0.25, 0.3) is 0 Å². The van der Waals surface area contributed by atoms with Gasteiger partial charge in [-0.2, -0.15) is 0 Å². The van der Waals surface area contributed by atoms with E-state index in [9.17, 15) is 13.2 Å². The van der Waals surface area contributed by atoms with Crippen LogP contribution in [0.5, 0.6) is 0 Å². The molecule has 1 amide bonds. The third kappa shape index (κ3) is 4.84. The Balaban J connectivity index is 2.93. The molecule has 0 atom stereocenters. The molecule has 2 N–H and O–H groups in total. The molecule has 5 nitrogen and oxygen atoms in total. The van der Waals surface area contributed by atoms with Crippen molar-refractivity contribution in [2.75, 3.05) is 5.32 Å². The minimum absolute atomic E-state index is 0.152. The van der Waals surface area contributed by atoms with Crippen LogP contribution in [0, 0.1) is 0 Å². The number of carbonyl (C=O) groups excluding carboxylic acids is 1. The molecule has 0 aromatic heterocycles. The maximum absolute atomic E-state index is 12.0. The van der Waals surface area contributed by atoms with E-state index in [0.29, 0.717) is 5.69 Å². The van der Waals surface area contributed by atoms with Crippen LogP contribution in [0.4, 0.5) is 5.69 Å². The molecule has 1 aromatic rings. The van der Waals surface area contributed by atoms with E-state index in [1.807, 2.05) is 0 Å². The molecule has 0 radical (unpaired) electrons. The molecule has 0 heterocycles. The van der Waals surface area contributed by atoms with E-state index in [4.69, 9.17) is 0 Å². The summed E-state index contributed by atoms with van der Waals surface area (Å²) in [4.78, 5) is 11.2. The lowest BCUT2D eigenvalue weighted by molar-refractivity contribution is -0.111. The molecule has 0 aliphatic carbocycles. The Morgan fingerprint density at radius 1 is 1.21 bits per heavy atom. The van der Waals surface area contributed by atoms with Crippen LogP contribution >= 0.6 is 0 Å². The van der Waals surface area contributed by atoms with Gasteiger partial charge < -0.3 is 5.32 Å². The van der Waals surface area contributed by atoms with Crippen LogP contribution < -0.4 is 10.0 Å². The standard InChI is InChI=1S/C13H18N2O3S/c1-5-12(16)14-10-6-8-11(9-7-10)19(17,18)15-13(2,3)4/h5-9,15H,1H2,2-4H3,(H,14,16). The highest BCUT2D eigenvalue weighted by Crippen LogP contribution is 2.16. The zero-order valence-electron chi connectivity index (χ0n) is 11.2. The number of hydrogen-bond donors (Lipinski definition) is 2. The van der Waals surface area contributed by atoms with E-state index in [2.05, 4.69) is 16.6 Å². The number of benzene rings is 1. The normalized spacial score (nSPS) is 11.9. The van der Waals surface area contributed by atoms with E-state index in [1.165, 1.54) is 24.3 Å². The van der Waals surface area contributed by atoms with Gasteiger partial charge in [-0.05, 0) is 51.1 Å². The minimum atomic E-state index is -3.55. The van der Waals surface area contributed by atoms with Gasteiger partial charge in [0, 0.05) is 11.2 Å². The number of sulfonamides is 1. The SMILES string of the molecule is C=CC(=O)Nc1ccc(S(=O)(=O)NC(C)(C)C)cc1. The Morgan fingerprint density at radius 3 is 2.16 bits per heavy atom. The maximum atomic E-state index is 12.0. The highest BCUT2D eigenvalue weighted by molar-refractivity contribution is 7.89.